The van der Waals surface area contributed by atoms with Gasteiger partial charge in [-0.05, 0) is 25.7 Å². The summed E-state index contributed by atoms with van der Waals surface area (Å²) in [6.07, 6.45) is 3.89. The van der Waals surface area contributed by atoms with Gasteiger partial charge in [-0.25, -0.2) is 4.98 Å². The number of aliphatic hydroxyl groups is 1. The third-order valence-corrected chi connectivity index (χ3v) is 4.57. The van der Waals surface area contributed by atoms with Crippen molar-refractivity contribution in [3.8, 4) is 10.6 Å². The van der Waals surface area contributed by atoms with Crippen molar-refractivity contribution in [2.45, 2.75) is 37.7 Å². The minimum atomic E-state index is -0.0894. The van der Waals surface area contributed by atoms with Crippen LogP contribution in [0, 0.1) is 0 Å². The smallest absolute Gasteiger partial charge is 0.123 e. The molecule has 94 valence electrons. The molecule has 1 N–H and O–H groups in total. The zero-order valence-electron chi connectivity index (χ0n) is 10.2. The van der Waals surface area contributed by atoms with Gasteiger partial charge in [0.05, 0.1) is 11.8 Å². The summed E-state index contributed by atoms with van der Waals surface area (Å²) in [7, 11) is 0. The second-order valence-electron chi connectivity index (χ2n) is 4.95. The molecule has 0 saturated heterocycles. The Morgan fingerprint density at radius 2 is 1.78 bits per heavy atom. The van der Waals surface area contributed by atoms with E-state index < -0.39 is 0 Å². The van der Waals surface area contributed by atoms with Crippen molar-refractivity contribution >= 4 is 11.3 Å². The van der Waals surface area contributed by atoms with Crippen LogP contribution in [0.3, 0.4) is 0 Å². The summed E-state index contributed by atoms with van der Waals surface area (Å²) >= 11 is 1.72. The fraction of sp³-hybridized carbons (Fsp3) is 0.400. The minimum Gasteiger partial charge on any atom is -0.393 e. The van der Waals surface area contributed by atoms with Crippen LogP contribution < -0.4 is 0 Å². The molecule has 0 aliphatic heterocycles. The standard InChI is InChI=1S/C15H17NOS/c17-13-8-6-11(7-9-13)14-10-18-15(16-14)12-4-2-1-3-5-12/h1-5,10-11,13,17H,6-9H2. The predicted molar refractivity (Wildman–Crippen MR) is 74.8 cm³/mol. The van der Waals surface area contributed by atoms with Gasteiger partial charge in [-0.1, -0.05) is 30.3 Å². The summed E-state index contributed by atoms with van der Waals surface area (Å²) in [6.45, 7) is 0. The van der Waals surface area contributed by atoms with E-state index in [0.717, 1.165) is 30.7 Å². The van der Waals surface area contributed by atoms with Crippen molar-refractivity contribution in [2.75, 3.05) is 0 Å². The average molecular weight is 259 g/mol. The lowest BCUT2D eigenvalue weighted by Gasteiger charge is -2.23. The fourth-order valence-corrected chi connectivity index (χ4v) is 3.47. The largest absolute Gasteiger partial charge is 0.393 e. The Balaban J connectivity index is 1.78. The van der Waals surface area contributed by atoms with E-state index in [1.807, 2.05) is 18.2 Å². The first kappa shape index (κ1) is 11.9. The molecule has 1 aromatic carbocycles. The van der Waals surface area contributed by atoms with Crippen LogP contribution in [0.4, 0.5) is 0 Å². The first-order chi connectivity index (χ1) is 8.83. The molecule has 0 bridgehead atoms. The van der Waals surface area contributed by atoms with Crippen LogP contribution in [0.5, 0.6) is 0 Å². The number of aliphatic hydroxyl groups excluding tert-OH is 1. The Labute approximate surface area is 111 Å². The maximum absolute atomic E-state index is 9.54. The van der Waals surface area contributed by atoms with Gasteiger partial charge in [0.1, 0.15) is 5.01 Å². The quantitative estimate of drug-likeness (QED) is 0.889. The molecule has 0 unspecified atom stereocenters. The third-order valence-electron chi connectivity index (χ3n) is 3.66. The van der Waals surface area contributed by atoms with Crippen LogP contribution in [0.15, 0.2) is 35.7 Å². The van der Waals surface area contributed by atoms with E-state index in [1.54, 1.807) is 11.3 Å². The van der Waals surface area contributed by atoms with Crippen LogP contribution in [0.2, 0.25) is 0 Å². The van der Waals surface area contributed by atoms with Crippen LogP contribution >= 0.6 is 11.3 Å². The molecule has 1 heterocycles. The Hall–Kier alpha value is -1.19. The summed E-state index contributed by atoms with van der Waals surface area (Å²) in [5, 5.41) is 12.8. The van der Waals surface area contributed by atoms with E-state index in [0.29, 0.717) is 5.92 Å². The molecule has 1 saturated carbocycles. The monoisotopic (exact) mass is 259 g/mol. The number of hydrogen-bond acceptors (Lipinski definition) is 3. The average Bonchev–Trinajstić information content (AvgIpc) is 2.90. The first-order valence-electron chi connectivity index (χ1n) is 6.52. The lowest BCUT2D eigenvalue weighted by atomic mass is 9.86. The molecular formula is C15H17NOS. The molecule has 1 aromatic heterocycles. The van der Waals surface area contributed by atoms with Gasteiger partial charge in [0.25, 0.3) is 0 Å². The number of benzene rings is 1. The molecule has 2 nitrogen and oxygen atoms in total. The molecule has 3 heteroatoms. The molecular weight excluding hydrogens is 242 g/mol. The SMILES string of the molecule is OC1CCC(c2csc(-c3ccccc3)n2)CC1. The zero-order valence-corrected chi connectivity index (χ0v) is 11.1. The highest BCUT2D eigenvalue weighted by Crippen LogP contribution is 2.35. The van der Waals surface area contributed by atoms with E-state index in [1.165, 1.54) is 11.3 Å². The molecule has 3 rings (SSSR count). The summed E-state index contributed by atoms with van der Waals surface area (Å²) in [5.41, 5.74) is 2.41. The molecule has 2 aromatic rings. The summed E-state index contributed by atoms with van der Waals surface area (Å²) in [4.78, 5) is 4.77. The van der Waals surface area contributed by atoms with Gasteiger partial charge < -0.3 is 5.11 Å². The highest BCUT2D eigenvalue weighted by atomic mass is 32.1. The van der Waals surface area contributed by atoms with Crippen LogP contribution in [-0.4, -0.2) is 16.2 Å². The minimum absolute atomic E-state index is 0.0894. The second kappa shape index (κ2) is 5.21. The van der Waals surface area contributed by atoms with Gasteiger partial charge in [-0.15, -0.1) is 11.3 Å². The molecule has 0 amide bonds. The topological polar surface area (TPSA) is 33.1 Å². The van der Waals surface area contributed by atoms with Crippen molar-refractivity contribution in [2.24, 2.45) is 0 Å². The predicted octanol–water partition coefficient (Wildman–Crippen LogP) is 3.83. The number of hydrogen-bond donors (Lipinski definition) is 1. The van der Waals surface area contributed by atoms with Crippen molar-refractivity contribution in [3.05, 3.63) is 41.4 Å². The number of rotatable bonds is 2. The fourth-order valence-electron chi connectivity index (χ4n) is 2.56. The van der Waals surface area contributed by atoms with Gasteiger partial charge in [0, 0.05) is 16.9 Å². The van der Waals surface area contributed by atoms with E-state index in [-0.39, 0.29) is 6.10 Å². The second-order valence-corrected chi connectivity index (χ2v) is 5.81. The van der Waals surface area contributed by atoms with E-state index in [4.69, 9.17) is 4.98 Å². The number of thiazole rings is 1. The van der Waals surface area contributed by atoms with Crippen molar-refractivity contribution < 1.29 is 5.11 Å². The molecule has 0 atom stereocenters. The van der Waals surface area contributed by atoms with Gasteiger partial charge in [0.2, 0.25) is 0 Å². The maximum Gasteiger partial charge on any atom is 0.123 e. The normalized spacial score (nSPS) is 24.1. The molecule has 18 heavy (non-hydrogen) atoms. The lowest BCUT2D eigenvalue weighted by molar-refractivity contribution is 0.122. The molecule has 0 radical (unpaired) electrons. The molecule has 1 aliphatic carbocycles. The van der Waals surface area contributed by atoms with Crippen molar-refractivity contribution in [1.29, 1.82) is 0 Å². The van der Waals surface area contributed by atoms with E-state index in [2.05, 4.69) is 17.5 Å². The molecule has 1 aliphatic rings. The summed E-state index contributed by atoms with van der Waals surface area (Å²) in [5.74, 6) is 0.544. The third kappa shape index (κ3) is 2.47. The zero-order chi connectivity index (χ0) is 12.4. The molecule has 1 fully saturated rings. The highest BCUT2D eigenvalue weighted by molar-refractivity contribution is 7.13. The Morgan fingerprint density at radius 3 is 2.50 bits per heavy atom. The molecule has 0 spiro atoms. The Kier molecular flexibility index (Phi) is 3.43. The number of nitrogens with zero attached hydrogens (tertiary/aromatic N) is 1. The van der Waals surface area contributed by atoms with Crippen LogP contribution in [-0.2, 0) is 0 Å². The Bertz CT molecular complexity index is 500. The van der Waals surface area contributed by atoms with Gasteiger partial charge in [-0.3, -0.25) is 0 Å². The van der Waals surface area contributed by atoms with Crippen LogP contribution in [0.25, 0.3) is 10.6 Å². The van der Waals surface area contributed by atoms with Crippen LogP contribution in [0.1, 0.15) is 37.3 Å². The van der Waals surface area contributed by atoms with Crippen molar-refractivity contribution in [1.82, 2.24) is 4.98 Å². The number of aromatic nitrogens is 1. The van der Waals surface area contributed by atoms with Crippen molar-refractivity contribution in [3.63, 3.8) is 0 Å². The lowest BCUT2D eigenvalue weighted by Crippen LogP contribution is -2.17. The van der Waals surface area contributed by atoms with Gasteiger partial charge in [-0.2, -0.15) is 0 Å². The first-order valence-corrected chi connectivity index (χ1v) is 7.40. The van der Waals surface area contributed by atoms with Gasteiger partial charge >= 0.3 is 0 Å². The Morgan fingerprint density at radius 1 is 1.06 bits per heavy atom. The van der Waals surface area contributed by atoms with Gasteiger partial charge in [0.15, 0.2) is 0 Å². The maximum atomic E-state index is 9.54. The highest BCUT2D eigenvalue weighted by Gasteiger charge is 2.22. The summed E-state index contributed by atoms with van der Waals surface area (Å²) in [6, 6.07) is 10.3. The van der Waals surface area contributed by atoms with E-state index >= 15 is 0 Å². The summed E-state index contributed by atoms with van der Waals surface area (Å²) < 4.78 is 0. The van der Waals surface area contributed by atoms with E-state index in [9.17, 15) is 5.11 Å².